The highest BCUT2D eigenvalue weighted by Gasteiger charge is 2.30. The highest BCUT2D eigenvalue weighted by molar-refractivity contribution is 6.04. The fourth-order valence-corrected chi connectivity index (χ4v) is 2.29. The van der Waals surface area contributed by atoms with Gasteiger partial charge in [-0.2, -0.15) is 0 Å². The zero-order valence-corrected chi connectivity index (χ0v) is 9.72. The van der Waals surface area contributed by atoms with Crippen LogP contribution in [0, 0.1) is 0 Å². The quantitative estimate of drug-likeness (QED) is 0.866. The number of benzene rings is 1. The number of aliphatic carboxylic acids is 1. The third kappa shape index (κ3) is 2.02. The van der Waals surface area contributed by atoms with Crippen molar-refractivity contribution in [3.8, 4) is 0 Å². The summed E-state index contributed by atoms with van der Waals surface area (Å²) in [7, 11) is 0. The van der Waals surface area contributed by atoms with E-state index in [-0.39, 0.29) is 5.78 Å². The third-order valence-corrected chi connectivity index (χ3v) is 3.14. The first-order valence-electron chi connectivity index (χ1n) is 5.76. The molecule has 0 radical (unpaired) electrons. The average molecular weight is 233 g/mol. The van der Waals surface area contributed by atoms with Crippen LogP contribution < -0.4 is 4.90 Å². The number of carbonyl (C=O) groups is 2. The van der Waals surface area contributed by atoms with E-state index in [0.717, 1.165) is 5.69 Å². The molecule has 1 aromatic carbocycles. The van der Waals surface area contributed by atoms with Crippen molar-refractivity contribution >= 4 is 17.4 Å². The van der Waals surface area contributed by atoms with E-state index in [1.54, 1.807) is 6.07 Å². The molecule has 0 spiro atoms. The van der Waals surface area contributed by atoms with Crippen LogP contribution in [-0.2, 0) is 4.79 Å². The molecule has 0 saturated heterocycles. The Kier molecular flexibility index (Phi) is 3.13. The summed E-state index contributed by atoms with van der Waals surface area (Å²) < 4.78 is 0. The molecular formula is C13H15NO3. The predicted octanol–water partition coefficient (Wildman–Crippen LogP) is 1.94. The van der Waals surface area contributed by atoms with Gasteiger partial charge in [0.05, 0.1) is 0 Å². The van der Waals surface area contributed by atoms with Gasteiger partial charge in [0.2, 0.25) is 0 Å². The minimum Gasteiger partial charge on any atom is -0.480 e. The lowest BCUT2D eigenvalue weighted by Crippen LogP contribution is -2.44. The van der Waals surface area contributed by atoms with Crippen LogP contribution in [0.1, 0.15) is 30.1 Å². The molecule has 1 N–H and O–H groups in total. The second kappa shape index (κ2) is 4.57. The van der Waals surface area contributed by atoms with Crippen LogP contribution in [-0.4, -0.2) is 29.4 Å². The van der Waals surface area contributed by atoms with Crippen LogP contribution in [0.15, 0.2) is 24.3 Å². The van der Waals surface area contributed by atoms with E-state index in [1.165, 1.54) is 0 Å². The van der Waals surface area contributed by atoms with Crippen molar-refractivity contribution in [3.05, 3.63) is 29.8 Å². The van der Waals surface area contributed by atoms with Gasteiger partial charge in [0.1, 0.15) is 6.04 Å². The van der Waals surface area contributed by atoms with Crippen molar-refractivity contribution in [1.29, 1.82) is 0 Å². The molecule has 0 bridgehead atoms. The third-order valence-electron chi connectivity index (χ3n) is 3.14. The van der Waals surface area contributed by atoms with Crippen LogP contribution in [0.5, 0.6) is 0 Å². The summed E-state index contributed by atoms with van der Waals surface area (Å²) in [5, 5.41) is 9.19. The molecule has 1 aliphatic rings. The topological polar surface area (TPSA) is 57.6 Å². The summed E-state index contributed by atoms with van der Waals surface area (Å²) in [6, 6.07) is 6.67. The van der Waals surface area contributed by atoms with Gasteiger partial charge in [0.15, 0.2) is 5.78 Å². The molecule has 4 nitrogen and oxygen atoms in total. The number of rotatable bonds is 3. The molecule has 0 fully saturated rings. The van der Waals surface area contributed by atoms with Crippen molar-refractivity contribution < 1.29 is 14.7 Å². The predicted molar refractivity (Wildman–Crippen MR) is 64.5 cm³/mol. The number of carboxylic acids is 1. The number of para-hydroxylation sites is 1. The van der Waals surface area contributed by atoms with E-state index in [2.05, 4.69) is 0 Å². The summed E-state index contributed by atoms with van der Waals surface area (Å²) in [5.41, 5.74) is 1.39. The fourth-order valence-electron chi connectivity index (χ4n) is 2.29. The molecule has 0 saturated carbocycles. The molecule has 0 aromatic heterocycles. The average Bonchev–Trinajstić information content (AvgIpc) is 2.33. The van der Waals surface area contributed by atoms with E-state index in [1.807, 2.05) is 30.0 Å². The SMILES string of the molecule is CCC(C(=O)O)N1CCC(=O)c2ccccc21. The number of hydrogen-bond acceptors (Lipinski definition) is 3. The molecule has 1 unspecified atom stereocenters. The molecule has 1 aliphatic heterocycles. The number of anilines is 1. The Morgan fingerprint density at radius 1 is 1.47 bits per heavy atom. The van der Waals surface area contributed by atoms with Crippen molar-refractivity contribution in [2.24, 2.45) is 0 Å². The van der Waals surface area contributed by atoms with Gasteiger partial charge in [-0.15, -0.1) is 0 Å². The Morgan fingerprint density at radius 3 is 2.82 bits per heavy atom. The van der Waals surface area contributed by atoms with E-state index >= 15 is 0 Å². The summed E-state index contributed by atoms with van der Waals surface area (Å²) in [6.45, 7) is 2.33. The number of fused-ring (bicyclic) bond motifs is 1. The Morgan fingerprint density at radius 2 is 2.18 bits per heavy atom. The minimum absolute atomic E-state index is 0.0945. The van der Waals surface area contributed by atoms with Crippen LogP contribution in [0.25, 0.3) is 0 Å². The Hall–Kier alpha value is -1.84. The van der Waals surface area contributed by atoms with Crippen molar-refractivity contribution in [3.63, 3.8) is 0 Å². The highest BCUT2D eigenvalue weighted by atomic mass is 16.4. The lowest BCUT2D eigenvalue weighted by atomic mass is 9.98. The van der Waals surface area contributed by atoms with Gasteiger partial charge in [-0.3, -0.25) is 4.79 Å². The lowest BCUT2D eigenvalue weighted by Gasteiger charge is -2.34. The number of hydrogen-bond donors (Lipinski definition) is 1. The first-order chi connectivity index (χ1) is 8.15. The maximum atomic E-state index is 11.7. The number of Topliss-reactive ketones (excluding diaryl/α,β-unsaturated/α-hetero) is 1. The number of ketones is 1. The molecule has 1 aromatic rings. The van der Waals surface area contributed by atoms with E-state index in [9.17, 15) is 14.7 Å². The zero-order chi connectivity index (χ0) is 12.4. The van der Waals surface area contributed by atoms with Crippen LogP contribution >= 0.6 is 0 Å². The maximum Gasteiger partial charge on any atom is 0.326 e. The fraction of sp³-hybridized carbons (Fsp3) is 0.385. The normalized spacial score (nSPS) is 16.5. The molecule has 17 heavy (non-hydrogen) atoms. The standard InChI is InChI=1S/C13H15NO3/c1-2-10(13(16)17)14-8-7-12(15)9-5-3-4-6-11(9)14/h3-6,10H,2,7-8H2,1H3,(H,16,17). The van der Waals surface area contributed by atoms with Crippen molar-refractivity contribution in [2.45, 2.75) is 25.8 Å². The van der Waals surface area contributed by atoms with Gasteiger partial charge in [-0.05, 0) is 18.6 Å². The van der Waals surface area contributed by atoms with Crippen molar-refractivity contribution in [2.75, 3.05) is 11.4 Å². The molecule has 0 amide bonds. The van der Waals surface area contributed by atoms with E-state index in [0.29, 0.717) is 24.9 Å². The van der Waals surface area contributed by atoms with Gasteiger partial charge >= 0.3 is 5.97 Å². The maximum absolute atomic E-state index is 11.7. The summed E-state index contributed by atoms with van der Waals surface area (Å²) in [6.07, 6.45) is 0.915. The molecule has 90 valence electrons. The zero-order valence-electron chi connectivity index (χ0n) is 9.72. The van der Waals surface area contributed by atoms with Gasteiger partial charge < -0.3 is 10.0 Å². The number of carboxylic acid groups (broad SMARTS) is 1. The van der Waals surface area contributed by atoms with Crippen LogP contribution in [0.4, 0.5) is 5.69 Å². The molecule has 4 heteroatoms. The first kappa shape index (κ1) is 11.6. The number of nitrogens with zero attached hydrogens (tertiary/aromatic N) is 1. The summed E-state index contributed by atoms with van der Waals surface area (Å²) in [4.78, 5) is 24.8. The second-order valence-electron chi connectivity index (χ2n) is 4.15. The van der Waals surface area contributed by atoms with E-state index in [4.69, 9.17) is 0 Å². The van der Waals surface area contributed by atoms with Gasteiger partial charge in [-0.1, -0.05) is 19.1 Å². The van der Waals surface area contributed by atoms with Crippen molar-refractivity contribution in [1.82, 2.24) is 0 Å². The molecule has 1 atom stereocenters. The van der Waals surface area contributed by atoms with Crippen LogP contribution in [0.3, 0.4) is 0 Å². The Labute approximate surface area is 99.9 Å². The second-order valence-corrected chi connectivity index (χ2v) is 4.15. The van der Waals surface area contributed by atoms with Gasteiger partial charge in [-0.25, -0.2) is 4.79 Å². The highest BCUT2D eigenvalue weighted by Crippen LogP contribution is 2.29. The van der Waals surface area contributed by atoms with E-state index < -0.39 is 12.0 Å². The summed E-state index contributed by atoms with van der Waals surface area (Å²) in [5.74, 6) is -0.742. The first-order valence-corrected chi connectivity index (χ1v) is 5.76. The van der Waals surface area contributed by atoms with Crippen LogP contribution in [0.2, 0.25) is 0 Å². The van der Waals surface area contributed by atoms with Gasteiger partial charge in [0, 0.05) is 24.2 Å². The molecule has 2 rings (SSSR count). The Bertz CT molecular complexity index is 456. The number of carbonyl (C=O) groups excluding carboxylic acids is 1. The largest absolute Gasteiger partial charge is 0.480 e. The Balaban J connectivity index is 2.42. The lowest BCUT2D eigenvalue weighted by molar-refractivity contribution is -0.138. The minimum atomic E-state index is -0.836. The smallest absolute Gasteiger partial charge is 0.326 e. The molecule has 1 heterocycles. The van der Waals surface area contributed by atoms with Gasteiger partial charge in [0.25, 0.3) is 0 Å². The monoisotopic (exact) mass is 233 g/mol. The summed E-state index contributed by atoms with van der Waals surface area (Å²) >= 11 is 0. The molecular weight excluding hydrogens is 218 g/mol. The molecule has 0 aliphatic carbocycles.